The van der Waals surface area contributed by atoms with Crippen molar-refractivity contribution in [1.29, 1.82) is 0 Å². The van der Waals surface area contributed by atoms with Gasteiger partial charge in [-0.25, -0.2) is 0 Å². The Bertz CT molecular complexity index is 127. The van der Waals surface area contributed by atoms with Gasteiger partial charge in [0, 0.05) is 13.7 Å². The molecule has 2 unspecified atom stereocenters. The van der Waals surface area contributed by atoms with E-state index in [1.165, 1.54) is 0 Å². The van der Waals surface area contributed by atoms with Gasteiger partial charge in [-0.1, -0.05) is 0 Å². The second-order valence-corrected chi connectivity index (χ2v) is 3.26. The molecule has 0 aromatic carbocycles. The molecule has 1 saturated heterocycles. The Labute approximate surface area is 68.9 Å². The van der Waals surface area contributed by atoms with Gasteiger partial charge in [0.2, 0.25) is 0 Å². The van der Waals surface area contributed by atoms with Crippen molar-refractivity contribution >= 4 is 0 Å². The fourth-order valence-electron chi connectivity index (χ4n) is 1.54. The molecule has 11 heavy (non-hydrogen) atoms. The Hall–Kier alpha value is -0.120. The molecule has 0 amide bonds. The van der Waals surface area contributed by atoms with Gasteiger partial charge in [0.15, 0.2) is 0 Å². The molecule has 2 atom stereocenters. The van der Waals surface area contributed by atoms with E-state index >= 15 is 0 Å². The molecule has 1 rings (SSSR count). The molecule has 3 nitrogen and oxygen atoms in total. The Morgan fingerprint density at radius 2 is 2.00 bits per heavy atom. The minimum atomic E-state index is 0.307. The van der Waals surface area contributed by atoms with E-state index in [9.17, 15) is 0 Å². The second kappa shape index (κ2) is 3.52. The molecule has 1 aliphatic rings. The van der Waals surface area contributed by atoms with Gasteiger partial charge < -0.3 is 4.74 Å². The number of hydrogen-bond acceptors (Lipinski definition) is 3. The lowest BCUT2D eigenvalue weighted by Crippen LogP contribution is -2.54. The predicted octanol–water partition coefficient (Wildman–Crippen LogP) is 0.572. The zero-order valence-electron chi connectivity index (χ0n) is 7.87. The number of nitrogens with zero attached hydrogens (tertiary/aromatic N) is 2. The summed E-state index contributed by atoms with van der Waals surface area (Å²) < 4.78 is 5.32. The van der Waals surface area contributed by atoms with Crippen molar-refractivity contribution in [1.82, 2.24) is 9.80 Å². The number of rotatable bonds is 1. The highest BCUT2D eigenvalue weighted by atomic mass is 16.5. The van der Waals surface area contributed by atoms with E-state index in [0.29, 0.717) is 12.4 Å². The first kappa shape index (κ1) is 8.97. The zero-order valence-corrected chi connectivity index (χ0v) is 7.87. The third kappa shape index (κ3) is 1.72. The van der Waals surface area contributed by atoms with Gasteiger partial charge in [0.25, 0.3) is 0 Å². The minimum Gasteiger partial charge on any atom is -0.366 e. The van der Waals surface area contributed by atoms with Crippen molar-refractivity contribution in [3.8, 4) is 0 Å². The number of hydrogen-bond donors (Lipinski definition) is 0. The van der Waals surface area contributed by atoms with Crippen LogP contribution < -0.4 is 0 Å². The average molecular weight is 158 g/mol. The summed E-state index contributed by atoms with van der Waals surface area (Å²) in [4.78, 5) is 4.58. The van der Waals surface area contributed by atoms with Crippen LogP contribution in [0.3, 0.4) is 0 Å². The molecule has 0 saturated carbocycles. The molecule has 0 N–H and O–H groups in total. The van der Waals surface area contributed by atoms with Gasteiger partial charge in [-0.3, -0.25) is 9.80 Å². The van der Waals surface area contributed by atoms with Crippen LogP contribution >= 0.6 is 0 Å². The van der Waals surface area contributed by atoms with Gasteiger partial charge in [-0.15, -0.1) is 0 Å². The lowest BCUT2D eigenvalue weighted by Gasteiger charge is -2.42. The monoisotopic (exact) mass is 158 g/mol. The van der Waals surface area contributed by atoms with Crippen LogP contribution in [0.4, 0.5) is 0 Å². The molecule has 1 aliphatic heterocycles. The summed E-state index contributed by atoms with van der Waals surface area (Å²) in [5, 5.41) is 0. The first-order valence-electron chi connectivity index (χ1n) is 4.11. The van der Waals surface area contributed by atoms with E-state index in [0.717, 1.165) is 13.0 Å². The van der Waals surface area contributed by atoms with Gasteiger partial charge >= 0.3 is 0 Å². The van der Waals surface area contributed by atoms with E-state index in [2.05, 4.69) is 30.8 Å². The van der Waals surface area contributed by atoms with Crippen LogP contribution in [0, 0.1) is 0 Å². The lowest BCUT2D eigenvalue weighted by molar-refractivity contribution is -0.108. The fourth-order valence-corrected chi connectivity index (χ4v) is 1.54. The lowest BCUT2D eigenvalue weighted by atomic mass is 10.2. The SMILES string of the molecule is COC1CCN(C)C(C)N1C. The molecule has 66 valence electrons. The highest BCUT2D eigenvalue weighted by Crippen LogP contribution is 2.16. The van der Waals surface area contributed by atoms with Crippen molar-refractivity contribution in [2.75, 3.05) is 27.7 Å². The summed E-state index contributed by atoms with van der Waals surface area (Å²) in [5.74, 6) is 0. The maximum atomic E-state index is 5.32. The van der Waals surface area contributed by atoms with E-state index in [1.54, 1.807) is 7.11 Å². The minimum absolute atomic E-state index is 0.307. The Morgan fingerprint density at radius 1 is 1.36 bits per heavy atom. The van der Waals surface area contributed by atoms with E-state index in [1.807, 2.05) is 0 Å². The quantitative estimate of drug-likeness (QED) is 0.555. The average Bonchev–Trinajstić information content (AvgIpc) is 2.01. The maximum Gasteiger partial charge on any atom is 0.112 e. The Kier molecular flexibility index (Phi) is 2.87. The van der Waals surface area contributed by atoms with Gasteiger partial charge in [0.05, 0.1) is 6.17 Å². The van der Waals surface area contributed by atoms with Crippen LogP contribution in [0.2, 0.25) is 0 Å². The summed E-state index contributed by atoms with van der Waals surface area (Å²) >= 11 is 0. The smallest absolute Gasteiger partial charge is 0.112 e. The summed E-state index contributed by atoms with van der Waals surface area (Å²) in [6.45, 7) is 3.33. The van der Waals surface area contributed by atoms with Crippen molar-refractivity contribution in [2.24, 2.45) is 0 Å². The van der Waals surface area contributed by atoms with Crippen LogP contribution in [0.25, 0.3) is 0 Å². The molecule has 0 bridgehead atoms. The third-order valence-electron chi connectivity index (χ3n) is 2.68. The van der Waals surface area contributed by atoms with Gasteiger partial charge in [-0.05, 0) is 27.4 Å². The third-order valence-corrected chi connectivity index (χ3v) is 2.68. The summed E-state index contributed by atoms with van der Waals surface area (Å²) in [7, 11) is 6.03. The maximum absolute atomic E-state index is 5.32. The molecular weight excluding hydrogens is 140 g/mol. The standard InChI is InChI=1S/C8H18N2O/c1-7-9(2)6-5-8(11-4)10(7)3/h7-8H,5-6H2,1-4H3. The number of methoxy groups -OCH3 is 1. The van der Waals surface area contributed by atoms with E-state index in [-0.39, 0.29) is 0 Å². The van der Waals surface area contributed by atoms with Crippen LogP contribution in [-0.4, -0.2) is 49.9 Å². The molecule has 0 aliphatic carbocycles. The highest BCUT2D eigenvalue weighted by molar-refractivity contribution is 4.74. The van der Waals surface area contributed by atoms with Crippen LogP contribution in [0.5, 0.6) is 0 Å². The summed E-state index contributed by atoms with van der Waals surface area (Å²) in [5.41, 5.74) is 0. The second-order valence-electron chi connectivity index (χ2n) is 3.26. The normalized spacial score (nSPS) is 36.0. The van der Waals surface area contributed by atoms with Crippen LogP contribution in [-0.2, 0) is 4.74 Å². The van der Waals surface area contributed by atoms with Crippen LogP contribution in [0.1, 0.15) is 13.3 Å². The molecular formula is C8H18N2O. The highest BCUT2D eigenvalue weighted by Gasteiger charge is 2.27. The molecule has 1 heterocycles. The Morgan fingerprint density at radius 3 is 2.55 bits per heavy atom. The Balaban J connectivity index is 2.52. The predicted molar refractivity (Wildman–Crippen MR) is 45.3 cm³/mol. The molecule has 0 aromatic rings. The van der Waals surface area contributed by atoms with Crippen molar-refractivity contribution in [3.63, 3.8) is 0 Å². The zero-order chi connectivity index (χ0) is 8.43. The summed E-state index contributed by atoms with van der Waals surface area (Å²) in [6, 6.07) is 0. The van der Waals surface area contributed by atoms with Crippen LogP contribution in [0.15, 0.2) is 0 Å². The first-order chi connectivity index (χ1) is 5.16. The molecule has 1 fully saturated rings. The van der Waals surface area contributed by atoms with Crippen molar-refractivity contribution in [2.45, 2.75) is 25.7 Å². The largest absolute Gasteiger partial charge is 0.366 e. The first-order valence-corrected chi connectivity index (χ1v) is 4.11. The topological polar surface area (TPSA) is 15.7 Å². The molecule has 0 aromatic heterocycles. The van der Waals surface area contributed by atoms with E-state index < -0.39 is 0 Å². The fraction of sp³-hybridized carbons (Fsp3) is 1.00. The van der Waals surface area contributed by atoms with Crippen molar-refractivity contribution in [3.05, 3.63) is 0 Å². The van der Waals surface area contributed by atoms with Gasteiger partial charge in [0.1, 0.15) is 6.23 Å². The molecule has 0 radical (unpaired) electrons. The number of ether oxygens (including phenoxy) is 1. The summed E-state index contributed by atoms with van der Waals surface area (Å²) in [6.07, 6.45) is 1.91. The molecule has 3 heteroatoms. The van der Waals surface area contributed by atoms with E-state index in [4.69, 9.17) is 4.74 Å². The molecule has 0 spiro atoms. The van der Waals surface area contributed by atoms with Gasteiger partial charge in [-0.2, -0.15) is 0 Å². The van der Waals surface area contributed by atoms with Crippen molar-refractivity contribution < 1.29 is 4.74 Å².